The van der Waals surface area contributed by atoms with Crippen molar-refractivity contribution < 1.29 is 33.3 Å². The molecule has 8 heteroatoms. The van der Waals surface area contributed by atoms with E-state index in [-0.39, 0.29) is 24.6 Å². The maximum atomic E-state index is 13.1. The Morgan fingerprint density at radius 1 is 1.12 bits per heavy atom. The van der Waals surface area contributed by atoms with Gasteiger partial charge in [-0.2, -0.15) is 0 Å². The van der Waals surface area contributed by atoms with Gasteiger partial charge in [-0.05, 0) is 35.9 Å². The summed E-state index contributed by atoms with van der Waals surface area (Å²) in [5.74, 6) is -0.489. The van der Waals surface area contributed by atoms with E-state index in [1.807, 2.05) is 18.2 Å². The standard InChI is InChI=1S/C26H19NO7/c1-31-23(29)14-32-19-7-3-2-6-16(19)18-12-22(28)33-20-9-8-17-25(30)21(34-26(17)24(18)20)11-15-5-4-10-27-13-15/h2-11,13,18H,12,14H2,1H3/b21-11-/t18-/m0/s1. The molecule has 3 heterocycles. The molecule has 0 saturated carbocycles. The van der Waals surface area contributed by atoms with Crippen molar-refractivity contribution in [3.63, 3.8) is 0 Å². The van der Waals surface area contributed by atoms with Gasteiger partial charge in [0.15, 0.2) is 12.4 Å². The molecule has 34 heavy (non-hydrogen) atoms. The lowest BCUT2D eigenvalue weighted by molar-refractivity contribution is -0.143. The maximum Gasteiger partial charge on any atom is 0.343 e. The van der Waals surface area contributed by atoms with Crippen LogP contribution in [0.5, 0.6) is 17.2 Å². The summed E-state index contributed by atoms with van der Waals surface area (Å²) in [6.45, 7) is -0.280. The Morgan fingerprint density at radius 2 is 1.97 bits per heavy atom. The fourth-order valence-corrected chi connectivity index (χ4v) is 4.08. The van der Waals surface area contributed by atoms with E-state index in [2.05, 4.69) is 9.72 Å². The van der Waals surface area contributed by atoms with E-state index in [9.17, 15) is 14.4 Å². The van der Waals surface area contributed by atoms with E-state index in [1.165, 1.54) is 7.11 Å². The summed E-state index contributed by atoms with van der Waals surface area (Å²) >= 11 is 0. The molecule has 0 bridgehead atoms. The average Bonchev–Trinajstić information content (AvgIpc) is 3.17. The van der Waals surface area contributed by atoms with Crippen LogP contribution >= 0.6 is 0 Å². The Bertz CT molecular complexity index is 1330. The van der Waals surface area contributed by atoms with Gasteiger partial charge in [0.25, 0.3) is 0 Å². The number of benzene rings is 2. The van der Waals surface area contributed by atoms with Crippen molar-refractivity contribution in [2.24, 2.45) is 0 Å². The number of fused-ring (bicyclic) bond motifs is 3. The lowest BCUT2D eigenvalue weighted by atomic mass is 9.84. The van der Waals surface area contributed by atoms with Crippen LogP contribution in [0.1, 0.15) is 39.4 Å². The first-order valence-electron chi connectivity index (χ1n) is 10.6. The molecule has 2 aromatic carbocycles. The van der Waals surface area contributed by atoms with Gasteiger partial charge in [0.05, 0.1) is 19.1 Å². The predicted octanol–water partition coefficient (Wildman–Crippen LogP) is 3.69. The minimum absolute atomic E-state index is 0.0151. The third kappa shape index (κ3) is 3.90. The first kappa shape index (κ1) is 21.4. The first-order chi connectivity index (χ1) is 16.5. The molecule has 0 spiro atoms. The highest BCUT2D eigenvalue weighted by molar-refractivity contribution is 6.15. The SMILES string of the molecule is COC(=O)COc1ccccc1[C@@H]1CC(=O)Oc2ccc3c(c21)O/C(=C\c1cccnc1)C3=O. The molecular weight excluding hydrogens is 438 g/mol. The van der Waals surface area contributed by atoms with Gasteiger partial charge >= 0.3 is 11.9 Å². The third-order valence-corrected chi connectivity index (χ3v) is 5.63. The number of Topliss-reactive ketones (excluding diaryl/α,β-unsaturated/α-hetero) is 1. The minimum Gasteiger partial charge on any atom is -0.482 e. The van der Waals surface area contributed by atoms with Crippen LogP contribution < -0.4 is 14.2 Å². The summed E-state index contributed by atoms with van der Waals surface area (Å²) in [6, 6.07) is 13.9. The van der Waals surface area contributed by atoms with Gasteiger partial charge in [0.2, 0.25) is 5.78 Å². The number of carbonyl (C=O) groups is 3. The number of methoxy groups -OCH3 is 1. The number of carbonyl (C=O) groups excluding carboxylic acids is 3. The molecule has 2 aliphatic rings. The van der Waals surface area contributed by atoms with Crippen LogP contribution in [-0.2, 0) is 14.3 Å². The van der Waals surface area contributed by atoms with Crippen LogP contribution in [0.25, 0.3) is 6.08 Å². The zero-order valence-corrected chi connectivity index (χ0v) is 18.1. The van der Waals surface area contributed by atoms with E-state index in [1.54, 1.807) is 48.8 Å². The van der Waals surface area contributed by atoms with Crippen molar-refractivity contribution in [1.82, 2.24) is 4.98 Å². The van der Waals surface area contributed by atoms with Crippen LogP contribution in [0.15, 0.2) is 66.7 Å². The predicted molar refractivity (Wildman–Crippen MR) is 120 cm³/mol. The third-order valence-electron chi connectivity index (χ3n) is 5.63. The highest BCUT2D eigenvalue weighted by Crippen LogP contribution is 2.50. The van der Waals surface area contributed by atoms with Crippen molar-refractivity contribution >= 4 is 23.8 Å². The van der Waals surface area contributed by atoms with Crippen molar-refractivity contribution in [3.05, 3.63) is 88.9 Å². The lowest BCUT2D eigenvalue weighted by Crippen LogP contribution is -2.22. The number of rotatable bonds is 5. The van der Waals surface area contributed by atoms with Gasteiger partial charge in [-0.15, -0.1) is 0 Å². The molecule has 0 fully saturated rings. The zero-order valence-electron chi connectivity index (χ0n) is 18.1. The molecule has 1 atom stereocenters. The molecule has 0 aliphatic carbocycles. The van der Waals surface area contributed by atoms with E-state index in [0.29, 0.717) is 33.9 Å². The molecule has 2 aliphatic heterocycles. The fourth-order valence-electron chi connectivity index (χ4n) is 4.08. The largest absolute Gasteiger partial charge is 0.482 e. The second-order valence-electron chi connectivity index (χ2n) is 7.71. The molecule has 0 saturated heterocycles. The Kier molecular flexibility index (Phi) is 5.55. The van der Waals surface area contributed by atoms with E-state index in [0.717, 1.165) is 5.56 Å². The topological polar surface area (TPSA) is 101 Å². The van der Waals surface area contributed by atoms with E-state index >= 15 is 0 Å². The van der Waals surface area contributed by atoms with Gasteiger partial charge in [0, 0.05) is 29.4 Å². The lowest BCUT2D eigenvalue weighted by Gasteiger charge is -2.27. The molecule has 0 amide bonds. The molecule has 3 aromatic rings. The number of nitrogens with zero attached hydrogens (tertiary/aromatic N) is 1. The highest BCUT2D eigenvalue weighted by Gasteiger charge is 2.39. The van der Waals surface area contributed by atoms with Crippen molar-refractivity contribution in [1.29, 1.82) is 0 Å². The Morgan fingerprint density at radius 3 is 2.76 bits per heavy atom. The van der Waals surface area contributed by atoms with Crippen molar-refractivity contribution in [3.8, 4) is 17.2 Å². The average molecular weight is 457 g/mol. The van der Waals surface area contributed by atoms with Crippen molar-refractivity contribution in [2.75, 3.05) is 13.7 Å². The minimum atomic E-state index is -0.529. The van der Waals surface area contributed by atoms with Crippen LogP contribution in [-0.4, -0.2) is 36.4 Å². The Hall–Kier alpha value is -4.46. The smallest absolute Gasteiger partial charge is 0.343 e. The molecule has 0 unspecified atom stereocenters. The summed E-state index contributed by atoms with van der Waals surface area (Å²) in [6.07, 6.45) is 4.91. The Labute approximate surface area is 194 Å². The number of esters is 2. The van der Waals surface area contributed by atoms with Gasteiger partial charge in [-0.1, -0.05) is 24.3 Å². The number of aromatic nitrogens is 1. The molecule has 8 nitrogen and oxygen atoms in total. The van der Waals surface area contributed by atoms with Crippen LogP contribution in [0.3, 0.4) is 0 Å². The number of para-hydroxylation sites is 1. The normalized spacial score (nSPS) is 17.4. The molecule has 0 N–H and O–H groups in total. The second-order valence-corrected chi connectivity index (χ2v) is 7.71. The number of ketones is 1. The quantitative estimate of drug-likeness (QED) is 0.325. The monoisotopic (exact) mass is 457 g/mol. The molecule has 170 valence electrons. The first-order valence-corrected chi connectivity index (χ1v) is 10.6. The maximum absolute atomic E-state index is 13.1. The molecular formula is C26H19NO7. The van der Waals surface area contributed by atoms with Crippen molar-refractivity contribution in [2.45, 2.75) is 12.3 Å². The second kappa shape index (κ2) is 8.82. The van der Waals surface area contributed by atoms with E-state index in [4.69, 9.17) is 14.2 Å². The summed E-state index contributed by atoms with van der Waals surface area (Å²) in [4.78, 5) is 41.2. The Balaban J connectivity index is 1.58. The number of allylic oxidation sites excluding steroid dienone is 1. The number of hydrogen-bond donors (Lipinski definition) is 0. The number of pyridine rings is 1. The molecule has 5 rings (SSSR count). The number of hydrogen-bond acceptors (Lipinski definition) is 8. The van der Waals surface area contributed by atoms with Crippen LogP contribution in [0.4, 0.5) is 0 Å². The van der Waals surface area contributed by atoms with Gasteiger partial charge in [0.1, 0.15) is 17.2 Å². The zero-order chi connectivity index (χ0) is 23.7. The summed E-state index contributed by atoms with van der Waals surface area (Å²) < 4.78 is 21.9. The van der Waals surface area contributed by atoms with Gasteiger partial charge in [-0.3, -0.25) is 14.6 Å². The number of ether oxygens (including phenoxy) is 4. The van der Waals surface area contributed by atoms with Gasteiger partial charge < -0.3 is 18.9 Å². The van der Waals surface area contributed by atoms with Crippen LogP contribution in [0, 0.1) is 0 Å². The molecule has 0 radical (unpaired) electrons. The summed E-state index contributed by atoms with van der Waals surface area (Å²) in [5, 5.41) is 0. The van der Waals surface area contributed by atoms with Gasteiger partial charge in [-0.25, -0.2) is 4.79 Å². The summed E-state index contributed by atoms with van der Waals surface area (Å²) in [7, 11) is 1.28. The van der Waals surface area contributed by atoms with Crippen LogP contribution in [0.2, 0.25) is 0 Å². The highest BCUT2D eigenvalue weighted by atomic mass is 16.6. The van der Waals surface area contributed by atoms with E-state index < -0.39 is 17.9 Å². The molecule has 1 aromatic heterocycles. The fraction of sp³-hybridized carbons (Fsp3) is 0.154. The summed E-state index contributed by atoms with van der Waals surface area (Å²) in [5.41, 5.74) is 2.34.